The molecule has 98 heavy (non-hydrogen) atoms. The molecule has 0 radical (unpaired) electrons. The number of methoxy groups -OCH3 is 1. The number of rotatable bonds is 23. The molecule has 2 fully saturated rings. The first kappa shape index (κ1) is 88.4. The van der Waals surface area contributed by atoms with Crippen molar-refractivity contribution >= 4 is 76.7 Å². The van der Waals surface area contributed by atoms with E-state index in [1.807, 2.05) is 48.5 Å². The molecule has 2 saturated heterocycles. The highest BCUT2D eigenvalue weighted by Gasteiger charge is 2.47. The van der Waals surface area contributed by atoms with Gasteiger partial charge in [0.05, 0.1) is 24.9 Å². The van der Waals surface area contributed by atoms with E-state index >= 15 is 38.4 Å². The molecule has 27 heteroatoms. The first-order chi connectivity index (χ1) is 45.5. The fourth-order valence-electron chi connectivity index (χ4n) is 12.6. The third kappa shape index (κ3) is 25.5. The van der Waals surface area contributed by atoms with Crippen molar-refractivity contribution < 1.29 is 67.3 Å². The third-order valence-electron chi connectivity index (χ3n) is 19.3. The summed E-state index contributed by atoms with van der Waals surface area (Å²) in [5, 5.41) is 22.4. The molecular formula is C71H130N12O14S. The van der Waals surface area contributed by atoms with E-state index in [1.165, 1.54) is 111 Å². The second-order valence-corrected chi connectivity index (χ2v) is 31.2. The molecule has 0 bridgehead atoms. The summed E-state index contributed by atoms with van der Waals surface area (Å²) in [6.45, 7) is 33.5. The number of ether oxygens (including phenoxy) is 2. The van der Waals surface area contributed by atoms with E-state index in [1.54, 1.807) is 55.4 Å². The molecule has 0 aromatic heterocycles. The predicted molar refractivity (Wildman–Crippen MR) is 383 cm³/mol. The summed E-state index contributed by atoms with van der Waals surface area (Å²) in [6, 6.07) is -12.8. The van der Waals surface area contributed by atoms with Crippen LogP contribution in [0, 0.1) is 35.5 Å². The van der Waals surface area contributed by atoms with Gasteiger partial charge in [-0.2, -0.15) is 0 Å². The lowest BCUT2D eigenvalue weighted by Gasteiger charge is -2.42. The van der Waals surface area contributed by atoms with Crippen LogP contribution in [0.4, 0.5) is 0 Å². The number of morpholine rings is 1. The van der Waals surface area contributed by atoms with Crippen molar-refractivity contribution in [3.8, 4) is 0 Å². The molecule has 26 nitrogen and oxygen atoms in total. The highest BCUT2D eigenvalue weighted by Crippen LogP contribution is 2.29. The highest BCUT2D eigenvalue weighted by atomic mass is 32.2. The molecule has 2 aliphatic heterocycles. The number of hydrogen-bond acceptors (Lipinski definition) is 16. The van der Waals surface area contributed by atoms with E-state index in [4.69, 9.17) is 9.47 Å². The van der Waals surface area contributed by atoms with Crippen LogP contribution in [0.2, 0.25) is 0 Å². The number of aliphatic hydroxyl groups is 1. The fraction of sp³-hybridized carbons (Fsp3) is 0.845. The van der Waals surface area contributed by atoms with E-state index in [0.29, 0.717) is 51.2 Å². The van der Waals surface area contributed by atoms with Crippen molar-refractivity contribution in [1.29, 1.82) is 0 Å². The lowest BCUT2D eigenvalue weighted by atomic mass is 9.90. The van der Waals surface area contributed by atoms with Gasteiger partial charge in [-0.1, -0.05) is 103 Å². The first-order valence-electron chi connectivity index (χ1n) is 35.8. The van der Waals surface area contributed by atoms with Crippen LogP contribution in [-0.2, 0) is 62.2 Å². The molecular weight excluding hydrogens is 1280 g/mol. The van der Waals surface area contributed by atoms with Crippen molar-refractivity contribution in [2.75, 3.05) is 95.0 Å². The molecule has 0 aromatic carbocycles. The third-order valence-corrected chi connectivity index (χ3v) is 20.7. The number of hydrogen-bond donors (Lipinski definition) is 5. The summed E-state index contributed by atoms with van der Waals surface area (Å²) in [6.07, 6.45) is 1.87. The standard InChI is InChI=1S/C71H130N12O14S/c1-26-28-30-47(13)58(84)57-62(88)74-50(27-2)64(90)82(24)70(98-38-29-33-83-34-36-97-37-35-83)69(95)79(21)54(41-71(16,17)96-25)61(87)75-55(45(9)10)67(93)76(18)51(32-31-42(3)4)60(86)72-48(14)59(85)73-49(15)63(89)77(19)52(39-43(5)6)65(91)78(20)53(40-44(7)8)66(92)80(22)56(46(11)12)68(94)81(57)23/h42-58,70,84H,26-41H2,1-25H3,(H,72,86)(H,73,85)(H,74,88)(H,75,87)/t47-,48-,49+,50-,51-,52+,53-,54+,55-,56-,57+,58-,70-/m1/s1. The van der Waals surface area contributed by atoms with E-state index in [2.05, 4.69) is 26.2 Å². The SMILES string of the molecule is CCCC[C@@H](C)[C@@H](O)[C@H]1C(=O)N[C@H](CC)C(=O)N(C)[C@H](SCCCN2CCOCC2)C(=O)N(C)[C@@H](CC(C)(C)OC)C(=O)N[C@H](C(C)C)C(=O)N(C)[C@H](CCC(C)C)C(=O)N[C@H](C)C(=O)N[C@@H](C)C(=O)N(C)[C@@H](CC(C)C)C(=O)N(C)[C@H](CC(C)C)C(=O)N(C)[C@H](C(C)C)C(=O)N1C. The van der Waals surface area contributed by atoms with Crippen molar-refractivity contribution in [2.45, 2.75) is 259 Å². The maximum Gasteiger partial charge on any atom is 0.256 e. The molecule has 564 valence electrons. The Bertz CT molecular complexity index is 2620. The van der Waals surface area contributed by atoms with E-state index in [9.17, 15) is 19.5 Å². The summed E-state index contributed by atoms with van der Waals surface area (Å²) >= 11 is 1.18. The van der Waals surface area contributed by atoms with Crippen LogP contribution >= 0.6 is 11.8 Å². The van der Waals surface area contributed by atoms with Gasteiger partial charge in [-0.05, 0) is 120 Å². The fourth-order valence-corrected chi connectivity index (χ4v) is 13.7. The summed E-state index contributed by atoms with van der Waals surface area (Å²) in [4.78, 5) is 176. The Balaban J connectivity index is 3.14. The van der Waals surface area contributed by atoms with Crippen molar-refractivity contribution in [2.24, 2.45) is 35.5 Å². The highest BCUT2D eigenvalue weighted by molar-refractivity contribution is 8.00. The molecule has 0 unspecified atom stereocenters. The zero-order valence-electron chi connectivity index (χ0n) is 64.4. The second-order valence-electron chi connectivity index (χ2n) is 30.0. The topological polar surface area (TPSA) is 300 Å². The van der Waals surface area contributed by atoms with Crippen molar-refractivity contribution in [3.63, 3.8) is 0 Å². The van der Waals surface area contributed by atoms with E-state index in [0.717, 1.165) is 24.4 Å². The van der Waals surface area contributed by atoms with Crippen molar-refractivity contribution in [1.82, 2.24) is 60.5 Å². The van der Waals surface area contributed by atoms with Gasteiger partial charge in [0.1, 0.15) is 60.4 Å². The van der Waals surface area contributed by atoms with Gasteiger partial charge in [-0.15, -0.1) is 11.8 Å². The molecule has 0 aromatic rings. The Kier molecular flexibility index (Phi) is 37.3. The van der Waals surface area contributed by atoms with Crippen LogP contribution in [0.15, 0.2) is 0 Å². The summed E-state index contributed by atoms with van der Waals surface area (Å²) in [7, 11) is 11.6. The van der Waals surface area contributed by atoms with Gasteiger partial charge in [0.25, 0.3) is 5.91 Å². The number of carbonyl (C=O) groups excluding carboxylic acids is 11. The lowest BCUT2D eigenvalue weighted by Crippen LogP contribution is -2.64. The minimum atomic E-state index is -1.62. The van der Waals surface area contributed by atoms with Crippen LogP contribution in [0.3, 0.4) is 0 Å². The molecule has 5 N–H and O–H groups in total. The average molecular weight is 1410 g/mol. The van der Waals surface area contributed by atoms with Gasteiger partial charge in [0, 0.05) is 76.0 Å². The zero-order valence-corrected chi connectivity index (χ0v) is 65.3. The maximum atomic E-state index is 15.6. The number of unbranched alkanes of at least 4 members (excludes halogenated alkanes) is 1. The van der Waals surface area contributed by atoms with Crippen LogP contribution in [-0.4, -0.2) is 282 Å². The van der Waals surface area contributed by atoms with Gasteiger partial charge in [0.2, 0.25) is 59.1 Å². The first-order valence-corrected chi connectivity index (χ1v) is 36.8. The van der Waals surface area contributed by atoms with Gasteiger partial charge >= 0.3 is 0 Å². The van der Waals surface area contributed by atoms with E-state index < -0.39 is 160 Å². The van der Waals surface area contributed by atoms with Crippen LogP contribution < -0.4 is 21.3 Å². The number of nitrogens with one attached hydrogen (secondary N) is 4. The number of likely N-dealkylation sites (N-methyl/N-ethyl adjacent to an activating group) is 7. The minimum Gasteiger partial charge on any atom is -0.390 e. The molecule has 2 heterocycles. The van der Waals surface area contributed by atoms with Crippen LogP contribution in [0.5, 0.6) is 0 Å². The normalized spacial score (nSPS) is 26.9. The summed E-state index contributed by atoms with van der Waals surface area (Å²) < 4.78 is 11.4. The van der Waals surface area contributed by atoms with Crippen molar-refractivity contribution in [3.05, 3.63) is 0 Å². The minimum absolute atomic E-state index is 0.00425. The quantitative estimate of drug-likeness (QED) is 0.0884. The monoisotopic (exact) mass is 1410 g/mol. The Labute approximate surface area is 591 Å². The van der Waals surface area contributed by atoms with Crippen LogP contribution in [0.1, 0.15) is 182 Å². The molecule has 11 amide bonds. The Morgan fingerprint density at radius 1 is 0.531 bits per heavy atom. The lowest BCUT2D eigenvalue weighted by molar-refractivity contribution is -0.157. The van der Waals surface area contributed by atoms with Gasteiger partial charge in [-0.3, -0.25) is 57.6 Å². The molecule has 0 spiro atoms. The largest absolute Gasteiger partial charge is 0.390 e. The Hall–Kier alpha value is -5.64. The molecule has 13 atom stereocenters. The van der Waals surface area contributed by atoms with Crippen LogP contribution in [0.25, 0.3) is 0 Å². The number of amides is 11. The summed E-state index contributed by atoms with van der Waals surface area (Å²) in [5.74, 6) is -9.13. The molecule has 0 saturated carbocycles. The van der Waals surface area contributed by atoms with E-state index in [-0.39, 0.29) is 49.9 Å². The maximum absolute atomic E-state index is 15.6. The van der Waals surface area contributed by atoms with Gasteiger partial charge in [0.15, 0.2) is 5.37 Å². The Morgan fingerprint density at radius 2 is 1.03 bits per heavy atom. The smallest absolute Gasteiger partial charge is 0.256 e. The predicted octanol–water partition coefficient (Wildman–Crippen LogP) is 4.43. The average Bonchev–Trinajstić information content (AvgIpc) is 0.808. The number of carbonyl (C=O) groups is 11. The number of nitrogens with zero attached hydrogens (tertiary/aromatic N) is 8. The molecule has 0 aliphatic carbocycles. The zero-order chi connectivity index (χ0) is 75.1. The van der Waals surface area contributed by atoms with Gasteiger partial charge in [-0.25, -0.2) is 0 Å². The molecule has 2 aliphatic rings. The molecule has 2 rings (SSSR count). The summed E-state index contributed by atoms with van der Waals surface area (Å²) in [5.41, 5.74) is -1.05. The second kappa shape index (κ2) is 41.3. The number of thioether (sulfide) groups is 1. The number of aliphatic hydroxyl groups excluding tert-OH is 1. The van der Waals surface area contributed by atoms with Gasteiger partial charge < -0.3 is 70.1 Å². The Morgan fingerprint density at radius 3 is 1.53 bits per heavy atom.